The molecule has 0 amide bonds. The van der Waals surface area contributed by atoms with Gasteiger partial charge in [-0.25, -0.2) is 0 Å². The van der Waals surface area contributed by atoms with E-state index in [0.29, 0.717) is 49.2 Å². The molecule has 1 aromatic carbocycles. The Morgan fingerprint density at radius 3 is 2.03 bits per heavy atom. The van der Waals surface area contributed by atoms with E-state index in [-0.39, 0.29) is 35.4 Å². The first-order valence-corrected chi connectivity index (χ1v) is 14.5. The Hall–Kier alpha value is -1.93. The number of carbonyl (C=O) groups is 3. The van der Waals surface area contributed by atoms with Crippen LogP contribution in [-0.2, 0) is 14.4 Å². The number of halogens is 2. The summed E-state index contributed by atoms with van der Waals surface area (Å²) in [5.74, 6) is -0.793. The quantitative estimate of drug-likeness (QED) is 0.342. The van der Waals surface area contributed by atoms with Crippen LogP contribution in [0.4, 0.5) is 0 Å². The lowest BCUT2D eigenvalue weighted by atomic mass is 9.63. The van der Waals surface area contributed by atoms with E-state index in [1.807, 2.05) is 24.0 Å². The van der Waals surface area contributed by atoms with Gasteiger partial charge in [-0.05, 0) is 58.2 Å². The standard InChI is InChI=1S/C29H35Br2NO5/c1-6-9-37-27-17(10-16(30)11-18(27)31)24-25-19(12-28(2,3)14-21(25)33)32(8-7-23(35)36)20-13-29(4,5)15-22(34)26(20)24/h10-11,24H,6-9,12-15H2,1-5H3,(H,35,36). The lowest BCUT2D eigenvalue weighted by molar-refractivity contribution is -0.137. The number of allylic oxidation sites excluding steroid dienone is 4. The lowest BCUT2D eigenvalue weighted by Gasteiger charge is -2.49. The van der Waals surface area contributed by atoms with Crippen molar-refractivity contribution in [1.29, 1.82) is 0 Å². The largest absolute Gasteiger partial charge is 0.492 e. The molecule has 8 heteroatoms. The number of carbonyl (C=O) groups excluding carboxylic acids is 2. The second-order valence-electron chi connectivity index (χ2n) is 12.0. The van der Waals surface area contributed by atoms with Gasteiger partial charge in [0.2, 0.25) is 0 Å². The maximum Gasteiger partial charge on any atom is 0.305 e. The topological polar surface area (TPSA) is 83.9 Å². The molecule has 0 spiro atoms. The molecular weight excluding hydrogens is 602 g/mol. The van der Waals surface area contributed by atoms with Gasteiger partial charge >= 0.3 is 5.97 Å². The van der Waals surface area contributed by atoms with Crippen LogP contribution in [0.5, 0.6) is 5.75 Å². The van der Waals surface area contributed by atoms with Crippen molar-refractivity contribution in [2.75, 3.05) is 13.2 Å². The molecule has 0 saturated heterocycles. The summed E-state index contributed by atoms with van der Waals surface area (Å²) in [4.78, 5) is 41.5. The first-order chi connectivity index (χ1) is 17.2. The number of hydrogen-bond donors (Lipinski definition) is 1. The Labute approximate surface area is 235 Å². The van der Waals surface area contributed by atoms with Gasteiger partial charge in [0.15, 0.2) is 11.6 Å². The zero-order chi connectivity index (χ0) is 27.3. The Morgan fingerprint density at radius 2 is 1.54 bits per heavy atom. The van der Waals surface area contributed by atoms with Gasteiger partial charge in [-0.1, -0.05) is 50.5 Å². The van der Waals surface area contributed by atoms with Crippen molar-refractivity contribution in [2.45, 2.75) is 79.1 Å². The van der Waals surface area contributed by atoms with Crippen LogP contribution in [-0.4, -0.2) is 40.7 Å². The van der Waals surface area contributed by atoms with E-state index in [4.69, 9.17) is 4.74 Å². The molecular formula is C29H35Br2NO5. The fourth-order valence-electron chi connectivity index (χ4n) is 5.99. The van der Waals surface area contributed by atoms with Crippen LogP contribution in [0.2, 0.25) is 0 Å². The van der Waals surface area contributed by atoms with E-state index >= 15 is 0 Å². The van der Waals surface area contributed by atoms with E-state index in [9.17, 15) is 19.5 Å². The van der Waals surface area contributed by atoms with Crippen molar-refractivity contribution >= 4 is 49.4 Å². The van der Waals surface area contributed by atoms with Crippen molar-refractivity contribution < 1.29 is 24.2 Å². The van der Waals surface area contributed by atoms with E-state index in [1.54, 1.807) is 0 Å². The highest BCUT2D eigenvalue weighted by atomic mass is 79.9. The van der Waals surface area contributed by atoms with Crippen LogP contribution in [0.3, 0.4) is 0 Å². The number of ether oxygens (including phenoxy) is 1. The maximum absolute atomic E-state index is 13.9. The van der Waals surface area contributed by atoms with Crippen molar-refractivity contribution in [3.05, 3.63) is 49.2 Å². The second kappa shape index (κ2) is 10.3. The fraction of sp³-hybridized carbons (Fsp3) is 0.552. The highest BCUT2D eigenvalue weighted by Crippen LogP contribution is 2.56. The van der Waals surface area contributed by atoms with Gasteiger partial charge in [-0.15, -0.1) is 0 Å². The average Bonchev–Trinajstić information content (AvgIpc) is 2.74. The minimum absolute atomic E-state index is 0.0123. The third-order valence-electron chi connectivity index (χ3n) is 7.37. The highest BCUT2D eigenvalue weighted by molar-refractivity contribution is 9.11. The fourth-order valence-corrected chi connectivity index (χ4v) is 7.36. The molecule has 0 unspecified atom stereocenters. The molecule has 1 aromatic rings. The van der Waals surface area contributed by atoms with Crippen molar-refractivity contribution in [3.63, 3.8) is 0 Å². The predicted molar refractivity (Wildman–Crippen MR) is 149 cm³/mol. The normalized spacial score (nSPS) is 21.2. The molecule has 200 valence electrons. The van der Waals surface area contributed by atoms with E-state index in [2.05, 4.69) is 59.6 Å². The number of aliphatic carboxylic acids is 1. The number of ketones is 2. The predicted octanol–water partition coefficient (Wildman–Crippen LogP) is 7.16. The molecule has 3 aliphatic rings. The highest BCUT2D eigenvalue weighted by Gasteiger charge is 2.49. The monoisotopic (exact) mass is 635 g/mol. The summed E-state index contributed by atoms with van der Waals surface area (Å²) in [7, 11) is 0. The molecule has 37 heavy (non-hydrogen) atoms. The summed E-state index contributed by atoms with van der Waals surface area (Å²) in [5, 5.41) is 9.54. The summed E-state index contributed by atoms with van der Waals surface area (Å²) in [6.45, 7) is 11.1. The number of benzene rings is 1. The third-order valence-corrected chi connectivity index (χ3v) is 8.42. The van der Waals surface area contributed by atoms with Gasteiger partial charge in [0.05, 0.1) is 17.5 Å². The van der Waals surface area contributed by atoms with E-state index in [0.717, 1.165) is 32.3 Å². The zero-order valence-corrected chi connectivity index (χ0v) is 25.3. The lowest BCUT2D eigenvalue weighted by Crippen LogP contribution is -2.45. The molecule has 0 saturated carbocycles. The number of carboxylic acids is 1. The smallest absolute Gasteiger partial charge is 0.305 e. The number of hydrogen-bond acceptors (Lipinski definition) is 5. The van der Waals surface area contributed by atoms with E-state index in [1.165, 1.54) is 0 Å². The van der Waals surface area contributed by atoms with Crippen LogP contribution < -0.4 is 4.74 Å². The second-order valence-corrected chi connectivity index (χ2v) is 13.8. The zero-order valence-electron chi connectivity index (χ0n) is 22.2. The number of rotatable bonds is 7. The van der Waals surface area contributed by atoms with Crippen molar-refractivity contribution in [1.82, 2.24) is 4.90 Å². The third kappa shape index (κ3) is 5.60. The number of nitrogens with zero attached hydrogens (tertiary/aromatic N) is 1. The van der Waals surface area contributed by atoms with Gasteiger partial charge < -0.3 is 14.7 Å². The van der Waals surface area contributed by atoms with Crippen LogP contribution in [0.1, 0.15) is 84.6 Å². The Kier molecular flexibility index (Phi) is 7.84. The Bertz CT molecular complexity index is 1170. The average molecular weight is 637 g/mol. The van der Waals surface area contributed by atoms with Gasteiger partial charge in [-0.3, -0.25) is 14.4 Å². The Balaban J connectivity index is 2.04. The summed E-state index contributed by atoms with van der Waals surface area (Å²) in [6, 6.07) is 3.88. The van der Waals surface area contributed by atoms with Gasteiger partial charge in [0.25, 0.3) is 0 Å². The van der Waals surface area contributed by atoms with Crippen molar-refractivity contribution in [3.8, 4) is 5.75 Å². The van der Waals surface area contributed by atoms with Crippen LogP contribution in [0.15, 0.2) is 43.6 Å². The molecule has 4 rings (SSSR count). The molecule has 1 N–H and O–H groups in total. The molecule has 6 nitrogen and oxygen atoms in total. The SMILES string of the molecule is CCCOc1c(Br)cc(Br)cc1C1C2=C(CC(C)(C)CC2=O)N(CCC(=O)O)C2=C1C(=O)CC(C)(C)C2. The van der Waals surface area contributed by atoms with E-state index < -0.39 is 11.9 Å². The summed E-state index contributed by atoms with van der Waals surface area (Å²) < 4.78 is 7.80. The minimum atomic E-state index is -0.902. The molecule has 1 aliphatic heterocycles. The van der Waals surface area contributed by atoms with Crippen LogP contribution in [0.25, 0.3) is 0 Å². The summed E-state index contributed by atoms with van der Waals surface area (Å²) in [6.07, 6.45) is 2.76. The van der Waals surface area contributed by atoms with Gasteiger partial charge in [-0.2, -0.15) is 0 Å². The minimum Gasteiger partial charge on any atom is -0.492 e. The summed E-state index contributed by atoms with van der Waals surface area (Å²) >= 11 is 7.27. The molecule has 0 atom stereocenters. The first kappa shape index (κ1) is 28.1. The molecule has 0 aromatic heterocycles. The molecule has 2 aliphatic carbocycles. The van der Waals surface area contributed by atoms with Gasteiger partial charge in [0, 0.05) is 57.9 Å². The van der Waals surface area contributed by atoms with Crippen LogP contribution in [0, 0.1) is 10.8 Å². The van der Waals surface area contributed by atoms with Crippen LogP contribution >= 0.6 is 31.9 Å². The summed E-state index contributed by atoms with van der Waals surface area (Å²) in [5.41, 5.74) is 3.18. The number of carboxylic acid groups (broad SMARTS) is 1. The first-order valence-electron chi connectivity index (χ1n) is 12.9. The molecule has 0 bridgehead atoms. The molecule has 0 fully saturated rings. The van der Waals surface area contributed by atoms with Gasteiger partial charge in [0.1, 0.15) is 5.75 Å². The molecule has 1 heterocycles. The Morgan fingerprint density at radius 1 is 1.00 bits per heavy atom. The molecule has 0 radical (unpaired) electrons. The number of Topliss-reactive ketones (excluding diaryl/α,β-unsaturated/α-hetero) is 2. The van der Waals surface area contributed by atoms with Crippen molar-refractivity contribution in [2.24, 2.45) is 10.8 Å². The maximum atomic E-state index is 13.9.